The highest BCUT2D eigenvalue weighted by Gasteiger charge is 2.17. The van der Waals surface area contributed by atoms with Crippen molar-refractivity contribution in [3.8, 4) is 73.0 Å². The molecule has 9 aromatic carbocycles. The minimum Gasteiger partial charge on any atom is -0.309 e. The van der Waals surface area contributed by atoms with E-state index in [2.05, 4.69) is 211 Å². The first-order chi connectivity index (χ1) is 29.2. The second-order valence-electron chi connectivity index (χ2n) is 15.0. The van der Waals surface area contributed by atoms with Gasteiger partial charge in [0.2, 0.25) is 0 Å². The molecule has 0 fully saturated rings. The maximum atomic E-state index is 5.22. The van der Waals surface area contributed by atoms with Crippen LogP contribution < -0.4 is 0 Å². The summed E-state index contributed by atoms with van der Waals surface area (Å²) in [6, 6.07) is 79.9. The molecular formula is C56H37N3. The molecule has 0 radical (unpaired) electrons. The number of rotatable bonds is 7. The van der Waals surface area contributed by atoms with Crippen molar-refractivity contribution < 1.29 is 0 Å². The van der Waals surface area contributed by atoms with Gasteiger partial charge in [0, 0.05) is 32.8 Å². The van der Waals surface area contributed by atoms with E-state index in [9.17, 15) is 0 Å². The summed E-state index contributed by atoms with van der Waals surface area (Å²) < 4.78 is 2.41. The van der Waals surface area contributed by atoms with Gasteiger partial charge in [-0.25, -0.2) is 9.97 Å². The molecule has 0 spiro atoms. The first-order valence-electron chi connectivity index (χ1n) is 20.1. The predicted molar refractivity (Wildman–Crippen MR) is 246 cm³/mol. The number of para-hydroxylation sites is 2. The Kier molecular flexibility index (Phi) is 8.49. The smallest absolute Gasteiger partial charge is 0.160 e. The summed E-state index contributed by atoms with van der Waals surface area (Å²) in [6.45, 7) is 0. The first kappa shape index (κ1) is 34.4. The van der Waals surface area contributed by atoms with Gasteiger partial charge in [-0.1, -0.05) is 182 Å². The number of nitrogens with zero attached hydrogens (tertiary/aromatic N) is 3. The summed E-state index contributed by atoms with van der Waals surface area (Å²) in [7, 11) is 0. The Hall–Kier alpha value is -7.88. The van der Waals surface area contributed by atoms with Crippen LogP contribution in [0.2, 0.25) is 0 Å². The second-order valence-corrected chi connectivity index (χ2v) is 15.0. The van der Waals surface area contributed by atoms with Gasteiger partial charge >= 0.3 is 0 Å². The molecule has 0 bridgehead atoms. The fourth-order valence-electron chi connectivity index (χ4n) is 8.56. The number of benzene rings is 9. The van der Waals surface area contributed by atoms with Crippen LogP contribution in [0.5, 0.6) is 0 Å². The number of fused-ring (bicyclic) bond motifs is 4. The van der Waals surface area contributed by atoms with Crippen LogP contribution in [0.3, 0.4) is 0 Å². The Morgan fingerprint density at radius 1 is 0.271 bits per heavy atom. The van der Waals surface area contributed by atoms with Crippen LogP contribution in [0.25, 0.3) is 106 Å². The Morgan fingerprint density at radius 2 is 0.712 bits per heavy atom. The van der Waals surface area contributed by atoms with Gasteiger partial charge in [0.05, 0.1) is 28.1 Å². The lowest BCUT2D eigenvalue weighted by Crippen LogP contribution is -1.97. The molecule has 276 valence electrons. The van der Waals surface area contributed by atoms with Gasteiger partial charge in [0.15, 0.2) is 5.82 Å². The molecule has 3 heteroatoms. The van der Waals surface area contributed by atoms with Crippen LogP contribution in [-0.2, 0) is 0 Å². The maximum absolute atomic E-state index is 5.22. The molecule has 0 N–H and O–H groups in total. The Bertz CT molecular complexity index is 3180. The molecule has 59 heavy (non-hydrogen) atoms. The highest BCUT2D eigenvalue weighted by Crippen LogP contribution is 2.39. The van der Waals surface area contributed by atoms with Crippen molar-refractivity contribution in [2.45, 2.75) is 0 Å². The first-order valence-corrected chi connectivity index (χ1v) is 20.1. The molecule has 0 aliphatic heterocycles. The Labute approximate surface area is 343 Å². The molecule has 0 atom stereocenters. The summed E-state index contributed by atoms with van der Waals surface area (Å²) in [4.78, 5) is 10.4. The van der Waals surface area contributed by atoms with E-state index in [1.54, 1.807) is 0 Å². The molecular weight excluding hydrogens is 715 g/mol. The number of hydrogen-bond acceptors (Lipinski definition) is 2. The van der Waals surface area contributed by atoms with Crippen molar-refractivity contribution in [3.05, 3.63) is 224 Å². The van der Waals surface area contributed by atoms with Crippen molar-refractivity contribution in [2.75, 3.05) is 0 Å². The van der Waals surface area contributed by atoms with E-state index in [1.165, 1.54) is 43.8 Å². The van der Waals surface area contributed by atoms with Crippen molar-refractivity contribution in [2.24, 2.45) is 0 Å². The van der Waals surface area contributed by atoms with Gasteiger partial charge in [-0.2, -0.15) is 0 Å². The molecule has 11 rings (SSSR count). The van der Waals surface area contributed by atoms with Gasteiger partial charge in [0.25, 0.3) is 0 Å². The van der Waals surface area contributed by atoms with E-state index in [4.69, 9.17) is 9.97 Å². The lowest BCUT2D eigenvalue weighted by Gasteiger charge is -2.15. The minimum absolute atomic E-state index is 0.695. The second kappa shape index (κ2) is 14.6. The van der Waals surface area contributed by atoms with Gasteiger partial charge in [-0.3, -0.25) is 0 Å². The van der Waals surface area contributed by atoms with Gasteiger partial charge in [-0.15, -0.1) is 0 Å². The topological polar surface area (TPSA) is 30.7 Å². The van der Waals surface area contributed by atoms with Crippen molar-refractivity contribution in [3.63, 3.8) is 0 Å². The molecule has 0 aliphatic rings. The van der Waals surface area contributed by atoms with Gasteiger partial charge < -0.3 is 4.57 Å². The zero-order chi connectivity index (χ0) is 39.1. The van der Waals surface area contributed by atoms with Crippen LogP contribution in [-0.4, -0.2) is 14.5 Å². The minimum atomic E-state index is 0.695. The fraction of sp³-hybridized carbons (Fsp3) is 0. The van der Waals surface area contributed by atoms with Crippen molar-refractivity contribution >= 4 is 32.6 Å². The summed E-state index contributed by atoms with van der Waals surface area (Å²) in [5.41, 5.74) is 15.3. The SMILES string of the molecule is c1ccc(-c2cc(-c3ccccc3)cc(-c3cc(-c4ccc(-c5ccc(-n6c7ccccc7c7ccccc76)c6ccccc56)cc4)nc(-c4ccccc4)n3)c2)cc1. The summed E-state index contributed by atoms with van der Waals surface area (Å²) in [5, 5.41) is 4.94. The van der Waals surface area contributed by atoms with E-state index < -0.39 is 0 Å². The molecule has 2 heterocycles. The largest absolute Gasteiger partial charge is 0.309 e. The number of aromatic nitrogens is 3. The molecule has 11 aromatic rings. The number of hydrogen-bond donors (Lipinski definition) is 0. The average Bonchev–Trinajstić information content (AvgIpc) is 3.66. The van der Waals surface area contributed by atoms with Crippen LogP contribution in [0.4, 0.5) is 0 Å². The third-order valence-corrected chi connectivity index (χ3v) is 11.4. The lowest BCUT2D eigenvalue weighted by atomic mass is 9.94. The van der Waals surface area contributed by atoms with Crippen LogP contribution in [0.15, 0.2) is 224 Å². The highest BCUT2D eigenvalue weighted by molar-refractivity contribution is 6.11. The Balaban J connectivity index is 1.03. The monoisotopic (exact) mass is 751 g/mol. The lowest BCUT2D eigenvalue weighted by molar-refractivity contribution is 1.18. The third kappa shape index (κ3) is 6.26. The van der Waals surface area contributed by atoms with E-state index in [-0.39, 0.29) is 0 Å². The Morgan fingerprint density at radius 3 is 1.29 bits per heavy atom. The summed E-state index contributed by atoms with van der Waals surface area (Å²) >= 11 is 0. The standard InChI is InChI=1S/C56H37N3/c1-4-16-38(17-5-1)43-34-44(39-18-6-2-7-19-39)36-45(35-43)52-37-51(57-56(58-52)42-20-8-3-9-21-42)41-30-28-40(29-31-41)46-32-33-55(48-23-11-10-22-47(46)48)59-53-26-14-12-24-49(53)50-25-13-15-27-54(50)59/h1-37H. The molecule has 3 nitrogen and oxygen atoms in total. The van der Waals surface area contributed by atoms with E-state index in [0.717, 1.165) is 55.9 Å². The third-order valence-electron chi connectivity index (χ3n) is 11.4. The zero-order valence-electron chi connectivity index (χ0n) is 32.2. The van der Waals surface area contributed by atoms with Crippen LogP contribution in [0.1, 0.15) is 0 Å². The molecule has 0 amide bonds. The maximum Gasteiger partial charge on any atom is 0.160 e. The normalized spacial score (nSPS) is 11.4. The molecule has 0 saturated heterocycles. The summed E-state index contributed by atoms with van der Waals surface area (Å²) in [5.74, 6) is 0.695. The van der Waals surface area contributed by atoms with E-state index in [1.807, 2.05) is 18.2 Å². The van der Waals surface area contributed by atoms with E-state index in [0.29, 0.717) is 5.82 Å². The quantitative estimate of drug-likeness (QED) is 0.162. The molecule has 0 saturated carbocycles. The van der Waals surface area contributed by atoms with Gasteiger partial charge in [-0.05, 0) is 81.2 Å². The summed E-state index contributed by atoms with van der Waals surface area (Å²) in [6.07, 6.45) is 0. The van der Waals surface area contributed by atoms with Crippen molar-refractivity contribution in [1.29, 1.82) is 0 Å². The van der Waals surface area contributed by atoms with Gasteiger partial charge in [0.1, 0.15) is 0 Å². The van der Waals surface area contributed by atoms with Crippen LogP contribution >= 0.6 is 0 Å². The fourth-order valence-corrected chi connectivity index (χ4v) is 8.56. The molecule has 0 unspecified atom stereocenters. The average molecular weight is 752 g/mol. The zero-order valence-corrected chi connectivity index (χ0v) is 32.2. The van der Waals surface area contributed by atoms with Crippen molar-refractivity contribution in [1.82, 2.24) is 14.5 Å². The highest BCUT2D eigenvalue weighted by atomic mass is 15.0. The predicted octanol–water partition coefficient (Wildman–Crippen LogP) is 14.7. The molecule has 0 aliphatic carbocycles. The van der Waals surface area contributed by atoms with E-state index >= 15 is 0 Å². The molecule has 2 aromatic heterocycles. The van der Waals surface area contributed by atoms with Crippen LogP contribution in [0, 0.1) is 0 Å².